The molecule has 35 heavy (non-hydrogen) atoms. The summed E-state index contributed by atoms with van der Waals surface area (Å²) >= 11 is 0. The molecule has 0 aliphatic carbocycles. The van der Waals surface area contributed by atoms with Crippen LogP contribution in [0, 0.1) is 0 Å². The molecule has 1 fully saturated rings. The minimum absolute atomic E-state index is 0.110. The van der Waals surface area contributed by atoms with E-state index >= 15 is 8.78 Å². The molecule has 2 rings (SSSR count). The van der Waals surface area contributed by atoms with Crippen molar-refractivity contribution < 1.29 is 42.4 Å². The maximum absolute atomic E-state index is 15.3. The fourth-order valence-corrected chi connectivity index (χ4v) is 3.38. The van der Waals surface area contributed by atoms with Gasteiger partial charge in [0.2, 0.25) is 12.3 Å². The number of amides is 1. The largest absolute Gasteiger partial charge is 0.509 e. The molecule has 1 aromatic rings. The first-order chi connectivity index (χ1) is 16.4. The van der Waals surface area contributed by atoms with Crippen LogP contribution in [0.4, 0.5) is 24.2 Å². The predicted octanol–water partition coefficient (Wildman–Crippen LogP) is 3.61. The van der Waals surface area contributed by atoms with Gasteiger partial charge in [-0.05, 0) is 33.3 Å². The Morgan fingerprint density at radius 1 is 1.26 bits per heavy atom. The van der Waals surface area contributed by atoms with Crippen molar-refractivity contribution in [3.8, 4) is 0 Å². The van der Waals surface area contributed by atoms with Gasteiger partial charge in [0.15, 0.2) is 0 Å². The van der Waals surface area contributed by atoms with Crippen molar-refractivity contribution in [1.82, 2.24) is 9.55 Å². The van der Waals surface area contributed by atoms with Gasteiger partial charge >= 0.3 is 23.9 Å². The molecule has 0 bridgehead atoms. The zero-order valence-electron chi connectivity index (χ0n) is 20.3. The monoisotopic (exact) mass is 505 g/mol. The molecular weight excluding hydrogens is 472 g/mol. The average Bonchev–Trinajstić information content (AvgIpc) is 2.99. The van der Waals surface area contributed by atoms with Crippen LogP contribution in [-0.2, 0) is 18.9 Å². The number of halogens is 2. The number of aliphatic hydroxyl groups excluding tert-OH is 1. The van der Waals surface area contributed by atoms with E-state index in [4.69, 9.17) is 18.9 Å². The number of ether oxygens (including phenoxy) is 4. The lowest BCUT2D eigenvalue weighted by Crippen LogP contribution is -2.45. The van der Waals surface area contributed by atoms with Crippen molar-refractivity contribution in [2.75, 3.05) is 18.5 Å². The molecule has 13 heteroatoms. The molecule has 2 N–H and O–H groups in total. The van der Waals surface area contributed by atoms with Gasteiger partial charge in [-0.3, -0.25) is 5.32 Å². The Kier molecular flexibility index (Phi) is 9.95. The standard InChI is InChI=1S/C22H33F2N3O8/c1-5-6-7-8-9-12-32-19(30)26-15-10-11-25-18(29)27(15)17-22(23,24)16(14(13-28)33-17)34-20(31)35-21(2,3)4/h10-11,14,16-17,28H,5-9,12-13H2,1-4H3,(H,26,30)/t14-,16-,17-/m1/s1. The van der Waals surface area contributed by atoms with Gasteiger partial charge in [0.05, 0.1) is 13.2 Å². The molecule has 1 aliphatic heterocycles. The molecule has 0 aromatic carbocycles. The Bertz CT molecular complexity index is 919. The highest BCUT2D eigenvalue weighted by Gasteiger charge is 2.63. The van der Waals surface area contributed by atoms with Crippen molar-refractivity contribution >= 4 is 18.1 Å². The zero-order chi connectivity index (χ0) is 26.2. The van der Waals surface area contributed by atoms with Crippen LogP contribution in [-0.4, -0.2) is 63.9 Å². The summed E-state index contributed by atoms with van der Waals surface area (Å²) in [5, 5.41) is 11.8. The molecular formula is C22H33F2N3O8. The van der Waals surface area contributed by atoms with E-state index in [9.17, 15) is 19.5 Å². The molecule has 0 saturated carbocycles. The zero-order valence-corrected chi connectivity index (χ0v) is 20.3. The van der Waals surface area contributed by atoms with E-state index in [1.165, 1.54) is 20.8 Å². The van der Waals surface area contributed by atoms with E-state index in [0.717, 1.165) is 37.9 Å². The summed E-state index contributed by atoms with van der Waals surface area (Å²) in [6, 6.07) is 1.11. The molecule has 3 atom stereocenters. The predicted molar refractivity (Wildman–Crippen MR) is 119 cm³/mol. The highest BCUT2D eigenvalue weighted by Crippen LogP contribution is 2.45. The van der Waals surface area contributed by atoms with Crippen molar-refractivity contribution in [3.05, 3.63) is 22.7 Å². The maximum atomic E-state index is 15.3. The third kappa shape index (κ3) is 7.85. The van der Waals surface area contributed by atoms with E-state index in [1.54, 1.807) is 0 Å². The molecule has 1 amide bonds. The Hall–Kier alpha value is -2.80. The van der Waals surface area contributed by atoms with Crippen LogP contribution in [0.2, 0.25) is 0 Å². The molecule has 2 heterocycles. The summed E-state index contributed by atoms with van der Waals surface area (Å²) in [5.41, 5.74) is -2.19. The second-order valence-corrected chi connectivity index (χ2v) is 9.04. The van der Waals surface area contributed by atoms with Crippen molar-refractivity contribution in [2.24, 2.45) is 0 Å². The lowest BCUT2D eigenvalue weighted by molar-refractivity contribution is -0.149. The summed E-state index contributed by atoms with van der Waals surface area (Å²) in [4.78, 5) is 40.1. The summed E-state index contributed by atoms with van der Waals surface area (Å²) in [6.45, 7) is 5.78. The maximum Gasteiger partial charge on any atom is 0.509 e. The molecule has 11 nitrogen and oxygen atoms in total. The second-order valence-electron chi connectivity index (χ2n) is 9.04. The number of alkyl halides is 2. The van der Waals surface area contributed by atoms with Gasteiger partial charge in [-0.1, -0.05) is 32.6 Å². The number of unbranched alkanes of at least 4 members (excludes halogenated alkanes) is 4. The van der Waals surface area contributed by atoms with Crippen LogP contribution in [0.15, 0.2) is 17.1 Å². The average molecular weight is 506 g/mol. The number of aliphatic hydroxyl groups is 1. The van der Waals surface area contributed by atoms with Crippen molar-refractivity contribution in [3.63, 3.8) is 0 Å². The van der Waals surface area contributed by atoms with Crippen LogP contribution in [0.3, 0.4) is 0 Å². The van der Waals surface area contributed by atoms with Gasteiger partial charge in [0.1, 0.15) is 17.5 Å². The number of carbonyl (C=O) groups excluding carboxylic acids is 2. The second kappa shape index (κ2) is 12.2. The number of anilines is 1. The molecule has 0 radical (unpaired) electrons. The van der Waals surface area contributed by atoms with Gasteiger partial charge in [-0.25, -0.2) is 23.9 Å². The normalized spacial score (nSPS) is 21.4. The van der Waals surface area contributed by atoms with E-state index in [1.807, 2.05) is 0 Å². The number of aromatic nitrogens is 2. The number of rotatable bonds is 10. The van der Waals surface area contributed by atoms with Crippen molar-refractivity contribution in [2.45, 2.75) is 89.8 Å². The van der Waals surface area contributed by atoms with E-state index in [0.29, 0.717) is 11.0 Å². The quantitative estimate of drug-likeness (QED) is 0.361. The first-order valence-corrected chi connectivity index (χ1v) is 11.5. The van der Waals surface area contributed by atoms with Crippen molar-refractivity contribution in [1.29, 1.82) is 0 Å². The number of hydrogen-bond acceptors (Lipinski definition) is 9. The third-order valence-electron chi connectivity index (χ3n) is 4.97. The number of nitrogens with one attached hydrogen (secondary N) is 1. The third-order valence-corrected chi connectivity index (χ3v) is 4.97. The highest BCUT2D eigenvalue weighted by molar-refractivity contribution is 5.83. The smallest absolute Gasteiger partial charge is 0.449 e. The summed E-state index contributed by atoms with van der Waals surface area (Å²) < 4.78 is 51.0. The highest BCUT2D eigenvalue weighted by atomic mass is 19.3. The van der Waals surface area contributed by atoms with Gasteiger partial charge in [0.25, 0.3) is 0 Å². The molecule has 0 unspecified atom stereocenters. The minimum atomic E-state index is -4.00. The number of hydrogen-bond donors (Lipinski definition) is 2. The topological polar surface area (TPSA) is 138 Å². The summed E-state index contributed by atoms with van der Waals surface area (Å²) in [7, 11) is 0. The SMILES string of the molecule is CCCCCCCOC(=O)Nc1ccnc(=O)n1[C@@H]1O[C@H](CO)[C@@H](OC(=O)OC(C)(C)C)C1(F)F. The van der Waals surface area contributed by atoms with Gasteiger partial charge in [0, 0.05) is 6.20 Å². The fourth-order valence-electron chi connectivity index (χ4n) is 3.38. The Balaban J connectivity index is 2.18. The first-order valence-electron chi connectivity index (χ1n) is 11.5. The first kappa shape index (κ1) is 28.4. The van der Waals surface area contributed by atoms with Gasteiger partial charge in [-0.2, -0.15) is 8.78 Å². The Morgan fingerprint density at radius 2 is 1.94 bits per heavy atom. The van der Waals surface area contributed by atoms with Crippen LogP contribution >= 0.6 is 0 Å². The lowest BCUT2D eigenvalue weighted by Gasteiger charge is -2.26. The van der Waals surface area contributed by atoms with E-state index in [2.05, 4.69) is 17.2 Å². The van der Waals surface area contributed by atoms with Gasteiger partial charge in [-0.15, -0.1) is 0 Å². The van der Waals surface area contributed by atoms with Crippen LogP contribution < -0.4 is 11.0 Å². The van der Waals surface area contributed by atoms with Crippen LogP contribution in [0.5, 0.6) is 0 Å². The number of nitrogens with zero attached hydrogens (tertiary/aromatic N) is 2. The molecule has 1 aliphatic rings. The lowest BCUT2D eigenvalue weighted by atomic mass is 10.1. The minimum Gasteiger partial charge on any atom is -0.449 e. The van der Waals surface area contributed by atoms with Crippen LogP contribution in [0.25, 0.3) is 0 Å². The molecule has 1 aromatic heterocycles. The van der Waals surface area contributed by atoms with Crippen LogP contribution in [0.1, 0.15) is 66.0 Å². The molecule has 1 saturated heterocycles. The number of carbonyl (C=O) groups is 2. The fraction of sp³-hybridized carbons (Fsp3) is 0.727. The van der Waals surface area contributed by atoms with Gasteiger partial charge < -0.3 is 24.1 Å². The van der Waals surface area contributed by atoms with E-state index in [-0.39, 0.29) is 12.4 Å². The van der Waals surface area contributed by atoms with E-state index < -0.39 is 54.5 Å². The summed E-state index contributed by atoms with van der Waals surface area (Å²) in [6.07, 6.45) is -3.02. The molecule has 198 valence electrons. The Morgan fingerprint density at radius 3 is 2.57 bits per heavy atom. The summed E-state index contributed by atoms with van der Waals surface area (Å²) in [5.74, 6) is -4.38. The molecule has 0 spiro atoms. The Labute approximate surface area is 201 Å².